The van der Waals surface area contributed by atoms with Gasteiger partial charge in [0.05, 0.1) is 0 Å². The summed E-state index contributed by atoms with van der Waals surface area (Å²) in [6, 6.07) is 0.515. The zero-order chi connectivity index (χ0) is 12.4. The van der Waals surface area contributed by atoms with E-state index in [0.717, 1.165) is 25.9 Å². The molecule has 0 aromatic carbocycles. The third kappa shape index (κ3) is 3.42. The minimum absolute atomic E-state index is 0.0937. The molecule has 98 valence electrons. The summed E-state index contributed by atoms with van der Waals surface area (Å²) in [6.45, 7) is 2.19. The molecule has 0 bridgehead atoms. The maximum atomic E-state index is 12.1. The Kier molecular flexibility index (Phi) is 4.05. The van der Waals surface area contributed by atoms with Crippen LogP contribution in [0.15, 0.2) is 0 Å². The van der Waals surface area contributed by atoms with Gasteiger partial charge in [0, 0.05) is 25.6 Å². The van der Waals surface area contributed by atoms with Crippen LogP contribution in [0.1, 0.15) is 32.1 Å². The van der Waals surface area contributed by atoms with Gasteiger partial charge in [-0.15, -0.1) is 0 Å². The average Bonchev–Trinajstić information content (AvgIpc) is 3.12. The zero-order valence-corrected chi connectivity index (χ0v) is 11.1. The van der Waals surface area contributed by atoms with E-state index in [1.54, 1.807) is 0 Å². The standard InChI is InChI=1S/C13H25N3O/c1-15-7-5-11(6-8-15)16(2)13(17)9-12(14)10-3-4-10/h10-12H,3-9,14H2,1-2H3. The van der Waals surface area contributed by atoms with Crippen molar-refractivity contribution in [2.75, 3.05) is 27.2 Å². The highest BCUT2D eigenvalue weighted by molar-refractivity contribution is 5.77. The molecule has 1 saturated heterocycles. The normalized spacial score (nSPS) is 24.6. The lowest BCUT2D eigenvalue weighted by atomic mass is 10.0. The van der Waals surface area contributed by atoms with Crippen molar-refractivity contribution in [2.24, 2.45) is 11.7 Å². The molecular weight excluding hydrogens is 214 g/mol. The largest absolute Gasteiger partial charge is 0.343 e. The first-order valence-electron chi connectivity index (χ1n) is 6.77. The Morgan fingerprint density at radius 1 is 1.35 bits per heavy atom. The molecule has 0 aromatic heterocycles. The summed E-state index contributed by atoms with van der Waals surface area (Å²) >= 11 is 0. The zero-order valence-electron chi connectivity index (χ0n) is 11.1. The summed E-state index contributed by atoms with van der Waals surface area (Å²) in [4.78, 5) is 16.4. The Morgan fingerprint density at radius 2 is 1.94 bits per heavy atom. The van der Waals surface area contributed by atoms with Gasteiger partial charge in [-0.05, 0) is 51.7 Å². The van der Waals surface area contributed by atoms with Crippen LogP contribution in [0.3, 0.4) is 0 Å². The number of nitrogens with zero attached hydrogens (tertiary/aromatic N) is 2. The number of carbonyl (C=O) groups is 1. The minimum atomic E-state index is 0.0937. The molecular formula is C13H25N3O. The highest BCUT2D eigenvalue weighted by atomic mass is 16.2. The molecule has 0 spiro atoms. The number of nitrogens with two attached hydrogens (primary N) is 1. The smallest absolute Gasteiger partial charge is 0.224 e. The lowest BCUT2D eigenvalue weighted by molar-refractivity contribution is -0.133. The number of amides is 1. The van der Waals surface area contributed by atoms with Gasteiger partial charge in [-0.2, -0.15) is 0 Å². The van der Waals surface area contributed by atoms with E-state index in [1.165, 1.54) is 12.8 Å². The molecule has 2 N–H and O–H groups in total. The fourth-order valence-corrected chi connectivity index (χ4v) is 2.62. The van der Waals surface area contributed by atoms with Gasteiger partial charge >= 0.3 is 0 Å². The highest BCUT2D eigenvalue weighted by Gasteiger charge is 2.32. The lowest BCUT2D eigenvalue weighted by Gasteiger charge is -2.35. The van der Waals surface area contributed by atoms with Gasteiger partial charge in [0.1, 0.15) is 0 Å². The average molecular weight is 239 g/mol. The molecule has 17 heavy (non-hydrogen) atoms. The summed E-state index contributed by atoms with van der Waals surface area (Å²) in [5.41, 5.74) is 6.01. The van der Waals surface area contributed by atoms with Crippen molar-refractivity contribution in [2.45, 2.75) is 44.2 Å². The van der Waals surface area contributed by atoms with Crippen molar-refractivity contribution in [3.05, 3.63) is 0 Å². The number of piperidine rings is 1. The van der Waals surface area contributed by atoms with Crippen LogP contribution in [0.2, 0.25) is 0 Å². The van der Waals surface area contributed by atoms with E-state index in [2.05, 4.69) is 11.9 Å². The van der Waals surface area contributed by atoms with Crippen molar-refractivity contribution in [3.63, 3.8) is 0 Å². The first-order chi connectivity index (χ1) is 8.08. The monoisotopic (exact) mass is 239 g/mol. The molecule has 1 heterocycles. The van der Waals surface area contributed by atoms with Crippen LogP contribution in [-0.2, 0) is 4.79 Å². The van der Waals surface area contributed by atoms with Crippen molar-refractivity contribution in [3.8, 4) is 0 Å². The molecule has 4 nitrogen and oxygen atoms in total. The van der Waals surface area contributed by atoms with Crippen molar-refractivity contribution >= 4 is 5.91 Å². The van der Waals surface area contributed by atoms with Crippen LogP contribution in [-0.4, -0.2) is 55.0 Å². The van der Waals surface area contributed by atoms with Crippen LogP contribution in [0.4, 0.5) is 0 Å². The second kappa shape index (κ2) is 5.36. The lowest BCUT2D eigenvalue weighted by Crippen LogP contribution is -2.45. The predicted octanol–water partition coefficient (Wildman–Crippen LogP) is 0.666. The number of hydrogen-bond acceptors (Lipinski definition) is 3. The first kappa shape index (κ1) is 12.8. The van der Waals surface area contributed by atoms with E-state index in [0.29, 0.717) is 18.4 Å². The van der Waals surface area contributed by atoms with Crippen molar-refractivity contribution in [1.82, 2.24) is 9.80 Å². The fraction of sp³-hybridized carbons (Fsp3) is 0.923. The predicted molar refractivity (Wildman–Crippen MR) is 68.6 cm³/mol. The SMILES string of the molecule is CN1CCC(N(C)C(=O)CC(N)C2CC2)CC1. The van der Waals surface area contributed by atoms with Gasteiger partial charge in [0.15, 0.2) is 0 Å². The van der Waals surface area contributed by atoms with Crippen molar-refractivity contribution < 1.29 is 4.79 Å². The molecule has 1 amide bonds. The third-order valence-corrected chi connectivity index (χ3v) is 4.27. The van der Waals surface area contributed by atoms with Crippen LogP contribution >= 0.6 is 0 Å². The van der Waals surface area contributed by atoms with E-state index in [4.69, 9.17) is 5.73 Å². The maximum absolute atomic E-state index is 12.1. The molecule has 2 fully saturated rings. The van der Waals surface area contributed by atoms with E-state index >= 15 is 0 Å². The molecule has 4 heteroatoms. The first-order valence-corrected chi connectivity index (χ1v) is 6.77. The second-order valence-electron chi connectivity index (χ2n) is 5.74. The quantitative estimate of drug-likeness (QED) is 0.784. The molecule has 2 aliphatic rings. The van der Waals surface area contributed by atoms with Gasteiger partial charge in [-0.1, -0.05) is 0 Å². The van der Waals surface area contributed by atoms with E-state index in [9.17, 15) is 4.79 Å². The van der Waals surface area contributed by atoms with Crippen LogP contribution in [0, 0.1) is 5.92 Å². The summed E-state index contributed by atoms with van der Waals surface area (Å²) in [6.07, 6.45) is 5.15. The molecule has 2 rings (SSSR count). The molecule has 0 aromatic rings. The van der Waals surface area contributed by atoms with Gasteiger partial charge in [-0.3, -0.25) is 4.79 Å². The Bertz CT molecular complexity index is 270. The van der Waals surface area contributed by atoms with Crippen molar-refractivity contribution in [1.29, 1.82) is 0 Å². The number of hydrogen-bond donors (Lipinski definition) is 1. The maximum Gasteiger partial charge on any atom is 0.224 e. The van der Waals surface area contributed by atoms with E-state index in [1.807, 2.05) is 11.9 Å². The molecule has 0 radical (unpaired) electrons. The number of likely N-dealkylation sites (tertiary alicyclic amines) is 1. The topological polar surface area (TPSA) is 49.6 Å². The fourth-order valence-electron chi connectivity index (χ4n) is 2.62. The Morgan fingerprint density at radius 3 is 2.47 bits per heavy atom. The van der Waals surface area contributed by atoms with Crippen LogP contribution in [0.5, 0.6) is 0 Å². The Hall–Kier alpha value is -0.610. The Balaban J connectivity index is 1.77. The minimum Gasteiger partial charge on any atom is -0.343 e. The summed E-state index contributed by atoms with van der Waals surface area (Å²) < 4.78 is 0. The third-order valence-electron chi connectivity index (χ3n) is 4.27. The van der Waals surface area contributed by atoms with Gasteiger partial charge in [-0.25, -0.2) is 0 Å². The molecule has 1 atom stereocenters. The molecule has 1 unspecified atom stereocenters. The summed E-state index contributed by atoms with van der Waals surface area (Å²) in [5.74, 6) is 0.851. The van der Waals surface area contributed by atoms with Crippen LogP contribution < -0.4 is 5.73 Å². The Labute approximate surface area is 104 Å². The second-order valence-corrected chi connectivity index (χ2v) is 5.74. The van der Waals surface area contributed by atoms with Gasteiger partial charge in [0.2, 0.25) is 5.91 Å². The van der Waals surface area contributed by atoms with Gasteiger partial charge in [0.25, 0.3) is 0 Å². The molecule has 1 aliphatic heterocycles. The highest BCUT2D eigenvalue weighted by Crippen LogP contribution is 2.33. The van der Waals surface area contributed by atoms with E-state index < -0.39 is 0 Å². The summed E-state index contributed by atoms with van der Waals surface area (Å²) in [5, 5.41) is 0. The van der Waals surface area contributed by atoms with Crippen LogP contribution in [0.25, 0.3) is 0 Å². The van der Waals surface area contributed by atoms with Gasteiger partial charge < -0.3 is 15.5 Å². The number of carbonyl (C=O) groups excluding carboxylic acids is 1. The van der Waals surface area contributed by atoms with E-state index in [-0.39, 0.29) is 11.9 Å². The molecule has 1 saturated carbocycles. The summed E-state index contributed by atoms with van der Waals surface area (Å²) in [7, 11) is 4.08. The number of rotatable bonds is 4. The molecule has 1 aliphatic carbocycles.